The molecule has 0 saturated carbocycles. The van der Waals surface area contributed by atoms with Crippen molar-refractivity contribution >= 4 is 5.78 Å². The molecular formula is C12H11N3O. The van der Waals surface area contributed by atoms with Crippen molar-refractivity contribution in [1.29, 1.82) is 0 Å². The summed E-state index contributed by atoms with van der Waals surface area (Å²) in [6.45, 7) is 4.02. The lowest BCUT2D eigenvalue weighted by molar-refractivity contribution is 0.568. The molecule has 4 nitrogen and oxygen atoms in total. The Morgan fingerprint density at radius 2 is 2.12 bits per heavy atom. The predicted octanol–water partition coefficient (Wildman–Crippen LogP) is 2.61. The molecule has 0 radical (unpaired) electrons. The third kappa shape index (κ3) is 1.31. The zero-order valence-electron chi connectivity index (χ0n) is 9.14. The Bertz CT molecular complexity index is 638. The van der Waals surface area contributed by atoms with Crippen LogP contribution in [0.3, 0.4) is 0 Å². The Morgan fingerprint density at radius 3 is 2.88 bits per heavy atom. The second kappa shape index (κ2) is 3.20. The topological polar surface area (TPSA) is 43.3 Å². The van der Waals surface area contributed by atoms with Gasteiger partial charge in [-0.15, -0.1) is 0 Å². The van der Waals surface area contributed by atoms with Gasteiger partial charge in [-0.2, -0.15) is 0 Å². The highest BCUT2D eigenvalue weighted by molar-refractivity contribution is 5.60. The summed E-state index contributed by atoms with van der Waals surface area (Å²) >= 11 is 0. The fraction of sp³-hybridized carbons (Fsp3) is 0.167. The zero-order chi connectivity index (χ0) is 11.1. The van der Waals surface area contributed by atoms with Gasteiger partial charge in [-0.25, -0.2) is 9.97 Å². The average molecular weight is 213 g/mol. The SMILES string of the molecule is Cc1cc(C)n2cc(-c3ccoc3)nc2n1. The first kappa shape index (κ1) is 9.15. The molecule has 0 aliphatic rings. The van der Waals surface area contributed by atoms with E-state index in [0.29, 0.717) is 0 Å². The van der Waals surface area contributed by atoms with Crippen LogP contribution in [0.25, 0.3) is 17.0 Å². The number of hydrogen-bond donors (Lipinski definition) is 0. The molecule has 0 amide bonds. The van der Waals surface area contributed by atoms with Crippen molar-refractivity contribution in [1.82, 2.24) is 14.4 Å². The summed E-state index contributed by atoms with van der Waals surface area (Å²) in [7, 11) is 0. The number of rotatable bonds is 1. The van der Waals surface area contributed by atoms with Gasteiger partial charge in [0, 0.05) is 23.1 Å². The maximum atomic E-state index is 5.05. The Hall–Kier alpha value is -2.10. The minimum atomic E-state index is 0.730. The maximum absolute atomic E-state index is 5.05. The largest absolute Gasteiger partial charge is 0.472 e. The van der Waals surface area contributed by atoms with Gasteiger partial charge in [0.2, 0.25) is 5.78 Å². The van der Waals surface area contributed by atoms with Gasteiger partial charge < -0.3 is 4.42 Å². The molecule has 3 heterocycles. The third-order valence-corrected chi connectivity index (χ3v) is 2.58. The first-order chi connectivity index (χ1) is 7.74. The summed E-state index contributed by atoms with van der Waals surface area (Å²) < 4.78 is 7.03. The number of aryl methyl sites for hydroxylation is 2. The van der Waals surface area contributed by atoms with E-state index in [1.165, 1.54) is 0 Å². The van der Waals surface area contributed by atoms with Gasteiger partial charge >= 0.3 is 0 Å². The third-order valence-electron chi connectivity index (χ3n) is 2.58. The number of furan rings is 1. The molecule has 3 aromatic heterocycles. The van der Waals surface area contributed by atoms with E-state index < -0.39 is 0 Å². The Labute approximate surface area is 92.6 Å². The van der Waals surface area contributed by atoms with E-state index in [2.05, 4.69) is 9.97 Å². The van der Waals surface area contributed by atoms with Crippen LogP contribution in [-0.2, 0) is 0 Å². The summed E-state index contributed by atoms with van der Waals surface area (Å²) in [5.41, 5.74) is 3.97. The molecule has 0 aliphatic heterocycles. The van der Waals surface area contributed by atoms with E-state index in [1.54, 1.807) is 12.5 Å². The molecule has 16 heavy (non-hydrogen) atoms. The van der Waals surface area contributed by atoms with Crippen molar-refractivity contribution in [2.45, 2.75) is 13.8 Å². The second-order valence-corrected chi connectivity index (χ2v) is 3.85. The Kier molecular flexibility index (Phi) is 1.83. The molecule has 0 fully saturated rings. The molecule has 0 atom stereocenters. The van der Waals surface area contributed by atoms with Crippen molar-refractivity contribution in [2.24, 2.45) is 0 Å². The minimum Gasteiger partial charge on any atom is -0.472 e. The van der Waals surface area contributed by atoms with Crippen LogP contribution < -0.4 is 0 Å². The van der Waals surface area contributed by atoms with E-state index in [-0.39, 0.29) is 0 Å². The van der Waals surface area contributed by atoms with Crippen LogP contribution in [0.5, 0.6) is 0 Å². The summed E-state index contributed by atoms with van der Waals surface area (Å²) in [6.07, 6.45) is 5.30. The van der Waals surface area contributed by atoms with E-state index >= 15 is 0 Å². The maximum Gasteiger partial charge on any atom is 0.234 e. The van der Waals surface area contributed by atoms with E-state index in [0.717, 1.165) is 28.4 Å². The molecule has 0 unspecified atom stereocenters. The molecule has 0 bridgehead atoms. The van der Waals surface area contributed by atoms with Gasteiger partial charge in [-0.05, 0) is 26.0 Å². The fourth-order valence-corrected chi connectivity index (χ4v) is 1.82. The molecule has 4 heteroatoms. The standard InChI is InChI=1S/C12H11N3O/c1-8-5-9(2)15-6-11(14-12(15)13-8)10-3-4-16-7-10/h3-7H,1-2H3. The highest BCUT2D eigenvalue weighted by Crippen LogP contribution is 2.19. The molecule has 0 aliphatic carbocycles. The van der Waals surface area contributed by atoms with Crippen molar-refractivity contribution in [3.63, 3.8) is 0 Å². The number of fused-ring (bicyclic) bond motifs is 1. The van der Waals surface area contributed by atoms with Crippen LogP contribution in [0, 0.1) is 13.8 Å². The van der Waals surface area contributed by atoms with Crippen LogP contribution in [0.4, 0.5) is 0 Å². The fourth-order valence-electron chi connectivity index (χ4n) is 1.82. The first-order valence-corrected chi connectivity index (χ1v) is 5.10. The zero-order valence-corrected chi connectivity index (χ0v) is 9.14. The highest BCUT2D eigenvalue weighted by atomic mass is 16.3. The van der Waals surface area contributed by atoms with Gasteiger partial charge in [0.25, 0.3) is 0 Å². The van der Waals surface area contributed by atoms with Crippen molar-refractivity contribution in [2.75, 3.05) is 0 Å². The first-order valence-electron chi connectivity index (χ1n) is 5.10. The number of imidazole rings is 1. The van der Waals surface area contributed by atoms with Crippen LogP contribution >= 0.6 is 0 Å². The van der Waals surface area contributed by atoms with Crippen LogP contribution in [0.1, 0.15) is 11.4 Å². The molecule has 80 valence electrons. The lowest BCUT2D eigenvalue weighted by Gasteiger charge is -1.98. The lowest BCUT2D eigenvalue weighted by Crippen LogP contribution is -1.94. The molecule has 0 N–H and O–H groups in total. The number of hydrogen-bond acceptors (Lipinski definition) is 3. The number of aromatic nitrogens is 3. The normalized spacial score (nSPS) is 11.1. The Morgan fingerprint density at radius 1 is 1.25 bits per heavy atom. The van der Waals surface area contributed by atoms with Crippen LogP contribution in [0.2, 0.25) is 0 Å². The molecule has 0 saturated heterocycles. The minimum absolute atomic E-state index is 0.730. The lowest BCUT2D eigenvalue weighted by atomic mass is 10.3. The highest BCUT2D eigenvalue weighted by Gasteiger charge is 2.08. The van der Waals surface area contributed by atoms with Gasteiger partial charge in [-0.1, -0.05) is 0 Å². The predicted molar refractivity (Wildman–Crippen MR) is 60.2 cm³/mol. The van der Waals surface area contributed by atoms with Crippen molar-refractivity contribution in [3.8, 4) is 11.3 Å². The molecular weight excluding hydrogens is 202 g/mol. The quantitative estimate of drug-likeness (QED) is 0.624. The summed E-state index contributed by atoms with van der Waals surface area (Å²) in [6, 6.07) is 3.93. The van der Waals surface area contributed by atoms with E-state index in [1.807, 2.05) is 36.6 Å². The van der Waals surface area contributed by atoms with Crippen LogP contribution in [0.15, 0.2) is 35.3 Å². The van der Waals surface area contributed by atoms with Crippen molar-refractivity contribution in [3.05, 3.63) is 42.2 Å². The van der Waals surface area contributed by atoms with Gasteiger partial charge in [0.05, 0.1) is 18.2 Å². The summed E-state index contributed by atoms with van der Waals surface area (Å²) in [5, 5.41) is 0. The smallest absolute Gasteiger partial charge is 0.234 e. The van der Waals surface area contributed by atoms with Gasteiger partial charge in [0.15, 0.2) is 0 Å². The van der Waals surface area contributed by atoms with Gasteiger partial charge in [-0.3, -0.25) is 4.40 Å². The molecule has 0 aromatic carbocycles. The molecule has 3 aromatic rings. The summed E-state index contributed by atoms with van der Waals surface area (Å²) in [5.74, 6) is 0.730. The van der Waals surface area contributed by atoms with Crippen molar-refractivity contribution < 1.29 is 4.42 Å². The molecule has 0 spiro atoms. The van der Waals surface area contributed by atoms with Gasteiger partial charge in [0.1, 0.15) is 0 Å². The van der Waals surface area contributed by atoms with E-state index in [9.17, 15) is 0 Å². The molecule has 3 rings (SSSR count). The second-order valence-electron chi connectivity index (χ2n) is 3.85. The average Bonchev–Trinajstić information content (AvgIpc) is 2.82. The van der Waals surface area contributed by atoms with Crippen LogP contribution in [-0.4, -0.2) is 14.4 Å². The summed E-state index contributed by atoms with van der Waals surface area (Å²) in [4.78, 5) is 8.86. The van der Waals surface area contributed by atoms with E-state index in [4.69, 9.17) is 4.42 Å². The monoisotopic (exact) mass is 213 g/mol. The Balaban J connectivity index is 2.27. The number of nitrogens with zero attached hydrogens (tertiary/aromatic N) is 3.